The maximum Gasteiger partial charge on any atom is 0.129 e. The van der Waals surface area contributed by atoms with Crippen molar-refractivity contribution in [1.82, 2.24) is 10.3 Å². The largest absolute Gasteiger partial charge is 0.309 e. The first-order valence-corrected chi connectivity index (χ1v) is 5.78. The Morgan fingerprint density at radius 3 is 3.00 bits per heavy atom. The highest BCUT2D eigenvalue weighted by atomic mass is 35.5. The second-order valence-corrected chi connectivity index (χ2v) is 4.64. The predicted molar refractivity (Wildman–Crippen MR) is 61.7 cm³/mol. The molecule has 0 bridgehead atoms. The molecular formula is C12H13ClN2. The third-order valence-corrected chi connectivity index (χ3v) is 3.59. The summed E-state index contributed by atoms with van der Waals surface area (Å²) in [4.78, 5) is 4.13. The summed E-state index contributed by atoms with van der Waals surface area (Å²) in [6.45, 7) is 1.17. The van der Waals surface area contributed by atoms with Gasteiger partial charge >= 0.3 is 0 Å². The van der Waals surface area contributed by atoms with Crippen molar-refractivity contribution < 1.29 is 0 Å². The normalized spacial score (nSPS) is 29.0. The van der Waals surface area contributed by atoms with E-state index in [0.29, 0.717) is 11.2 Å². The highest BCUT2D eigenvalue weighted by Gasteiger charge is 2.35. The summed E-state index contributed by atoms with van der Waals surface area (Å²) in [7, 11) is 0. The molecule has 2 atom stereocenters. The topological polar surface area (TPSA) is 24.9 Å². The Morgan fingerprint density at radius 2 is 2.33 bits per heavy atom. The van der Waals surface area contributed by atoms with Crippen molar-refractivity contribution in [3.8, 4) is 0 Å². The molecule has 0 saturated carbocycles. The first-order chi connectivity index (χ1) is 7.34. The second-order valence-electron chi connectivity index (χ2n) is 4.25. The third kappa shape index (κ3) is 1.58. The van der Waals surface area contributed by atoms with Gasteiger partial charge in [-0.2, -0.15) is 0 Å². The summed E-state index contributed by atoms with van der Waals surface area (Å²) in [6, 6.07) is 4.48. The van der Waals surface area contributed by atoms with Crippen molar-refractivity contribution in [3.05, 3.63) is 35.1 Å². The fourth-order valence-corrected chi connectivity index (χ4v) is 2.57. The van der Waals surface area contributed by atoms with E-state index in [1.54, 1.807) is 0 Å². The van der Waals surface area contributed by atoms with Gasteiger partial charge in [0.15, 0.2) is 0 Å². The molecule has 1 aromatic rings. The zero-order valence-electron chi connectivity index (χ0n) is 8.41. The Hall–Kier alpha value is -0.860. The number of hydrogen-bond acceptors (Lipinski definition) is 2. The molecule has 0 radical (unpaired) electrons. The molecule has 1 aliphatic carbocycles. The molecule has 0 amide bonds. The zero-order chi connectivity index (χ0) is 10.3. The highest BCUT2D eigenvalue weighted by molar-refractivity contribution is 6.29. The average Bonchev–Trinajstić information content (AvgIpc) is 2.21. The minimum Gasteiger partial charge on any atom is -0.309 e. The molecule has 3 heteroatoms. The predicted octanol–water partition coefficient (Wildman–Crippen LogP) is 2.50. The molecule has 0 spiro atoms. The van der Waals surface area contributed by atoms with Crippen LogP contribution in [0.3, 0.4) is 0 Å². The zero-order valence-corrected chi connectivity index (χ0v) is 9.17. The molecule has 1 fully saturated rings. The molecule has 1 saturated heterocycles. The minimum absolute atomic E-state index is 0.557. The third-order valence-electron chi connectivity index (χ3n) is 3.37. The summed E-state index contributed by atoms with van der Waals surface area (Å²) in [5.41, 5.74) is 2.61. The van der Waals surface area contributed by atoms with E-state index < -0.39 is 0 Å². The number of nitrogens with one attached hydrogen (secondary N) is 1. The summed E-state index contributed by atoms with van der Waals surface area (Å²) in [5, 5.41) is 4.04. The summed E-state index contributed by atoms with van der Waals surface area (Å²) in [5.74, 6) is 0.834. The van der Waals surface area contributed by atoms with Gasteiger partial charge in [-0.05, 0) is 36.0 Å². The SMILES string of the molecule is Clc1ccc(C2=CCC[C@H]3CN[C@@H]23)cn1. The van der Waals surface area contributed by atoms with Gasteiger partial charge in [0, 0.05) is 18.8 Å². The Balaban J connectivity index is 1.92. The van der Waals surface area contributed by atoms with Crippen LogP contribution >= 0.6 is 11.6 Å². The quantitative estimate of drug-likeness (QED) is 0.736. The molecule has 78 valence electrons. The van der Waals surface area contributed by atoms with Crippen molar-refractivity contribution in [2.75, 3.05) is 6.54 Å². The van der Waals surface area contributed by atoms with Crippen LogP contribution in [-0.4, -0.2) is 17.6 Å². The molecule has 2 heterocycles. The lowest BCUT2D eigenvalue weighted by atomic mass is 9.76. The van der Waals surface area contributed by atoms with Crippen molar-refractivity contribution in [3.63, 3.8) is 0 Å². The van der Waals surface area contributed by atoms with Crippen LogP contribution < -0.4 is 5.32 Å². The highest BCUT2D eigenvalue weighted by Crippen LogP contribution is 2.35. The molecule has 0 aromatic carbocycles. The number of hydrogen-bond donors (Lipinski definition) is 1. The van der Waals surface area contributed by atoms with Crippen LogP contribution in [0.1, 0.15) is 18.4 Å². The lowest BCUT2D eigenvalue weighted by Gasteiger charge is -2.42. The van der Waals surface area contributed by atoms with Crippen LogP contribution in [-0.2, 0) is 0 Å². The smallest absolute Gasteiger partial charge is 0.129 e. The summed E-state index contributed by atoms with van der Waals surface area (Å²) in [6.07, 6.45) is 6.72. The van der Waals surface area contributed by atoms with Crippen molar-refractivity contribution >= 4 is 17.2 Å². The maximum atomic E-state index is 5.78. The molecule has 1 aliphatic heterocycles. The summed E-state index contributed by atoms with van der Waals surface area (Å²) < 4.78 is 0. The fraction of sp³-hybridized carbons (Fsp3) is 0.417. The van der Waals surface area contributed by atoms with E-state index in [1.807, 2.05) is 12.3 Å². The molecule has 2 aliphatic rings. The lowest BCUT2D eigenvalue weighted by Crippen LogP contribution is -2.54. The van der Waals surface area contributed by atoms with E-state index in [-0.39, 0.29) is 0 Å². The maximum absolute atomic E-state index is 5.78. The number of nitrogens with zero attached hydrogens (tertiary/aromatic N) is 1. The Morgan fingerprint density at radius 1 is 1.40 bits per heavy atom. The van der Waals surface area contributed by atoms with Crippen molar-refractivity contribution in [2.24, 2.45) is 5.92 Å². The number of aromatic nitrogens is 1. The van der Waals surface area contributed by atoms with Crippen molar-refractivity contribution in [2.45, 2.75) is 18.9 Å². The molecule has 1 N–H and O–H groups in total. The lowest BCUT2D eigenvalue weighted by molar-refractivity contribution is 0.262. The van der Waals surface area contributed by atoms with Gasteiger partial charge in [-0.25, -0.2) is 4.98 Å². The van der Waals surface area contributed by atoms with Crippen LogP contribution in [0.25, 0.3) is 5.57 Å². The first kappa shape index (κ1) is 9.37. The number of pyridine rings is 1. The molecule has 2 nitrogen and oxygen atoms in total. The van der Waals surface area contributed by atoms with Gasteiger partial charge in [0.1, 0.15) is 5.15 Å². The van der Waals surface area contributed by atoms with Crippen molar-refractivity contribution in [1.29, 1.82) is 0 Å². The Labute approximate surface area is 94.4 Å². The van der Waals surface area contributed by atoms with Crippen LogP contribution in [0.15, 0.2) is 24.4 Å². The number of allylic oxidation sites excluding steroid dienone is 1. The average molecular weight is 221 g/mol. The molecule has 0 unspecified atom stereocenters. The molecular weight excluding hydrogens is 208 g/mol. The van der Waals surface area contributed by atoms with E-state index in [1.165, 1.54) is 30.5 Å². The number of halogens is 1. The number of fused-ring (bicyclic) bond motifs is 1. The van der Waals surface area contributed by atoms with Crippen LogP contribution in [0, 0.1) is 5.92 Å². The molecule has 1 aromatic heterocycles. The Kier molecular flexibility index (Phi) is 2.26. The van der Waals surface area contributed by atoms with Gasteiger partial charge < -0.3 is 5.32 Å². The van der Waals surface area contributed by atoms with Gasteiger partial charge in [0.05, 0.1) is 0 Å². The minimum atomic E-state index is 0.557. The van der Waals surface area contributed by atoms with E-state index in [2.05, 4.69) is 22.4 Å². The standard InChI is InChI=1S/C12H13ClN2/c13-11-5-4-8(6-14-11)10-3-1-2-9-7-15-12(9)10/h3-6,9,12,15H,1-2,7H2/t9-,12+/m0/s1. The first-order valence-electron chi connectivity index (χ1n) is 5.40. The van der Waals surface area contributed by atoms with Crippen LogP contribution in [0.5, 0.6) is 0 Å². The van der Waals surface area contributed by atoms with Gasteiger partial charge in [0.2, 0.25) is 0 Å². The monoisotopic (exact) mass is 220 g/mol. The van der Waals surface area contributed by atoms with Crippen LogP contribution in [0.4, 0.5) is 0 Å². The van der Waals surface area contributed by atoms with Crippen LogP contribution in [0.2, 0.25) is 5.15 Å². The van der Waals surface area contributed by atoms with Gasteiger partial charge in [-0.15, -0.1) is 0 Å². The second kappa shape index (κ2) is 3.62. The molecule has 3 rings (SSSR count). The Bertz CT molecular complexity index is 397. The fourth-order valence-electron chi connectivity index (χ4n) is 2.46. The van der Waals surface area contributed by atoms with E-state index in [0.717, 1.165) is 5.92 Å². The van der Waals surface area contributed by atoms with Gasteiger partial charge in [0.25, 0.3) is 0 Å². The van der Waals surface area contributed by atoms with Gasteiger partial charge in [-0.3, -0.25) is 0 Å². The summed E-state index contributed by atoms with van der Waals surface area (Å²) >= 11 is 5.78. The van der Waals surface area contributed by atoms with E-state index in [9.17, 15) is 0 Å². The van der Waals surface area contributed by atoms with Gasteiger partial charge in [-0.1, -0.05) is 23.7 Å². The van der Waals surface area contributed by atoms with E-state index >= 15 is 0 Å². The molecule has 15 heavy (non-hydrogen) atoms. The number of rotatable bonds is 1. The van der Waals surface area contributed by atoms with E-state index in [4.69, 9.17) is 11.6 Å².